The Balaban J connectivity index is 2.33. The summed E-state index contributed by atoms with van der Waals surface area (Å²) in [5.41, 5.74) is 4.00. The van der Waals surface area contributed by atoms with Crippen LogP contribution in [0.4, 0.5) is 0 Å². The van der Waals surface area contributed by atoms with E-state index < -0.39 is 0 Å². The van der Waals surface area contributed by atoms with E-state index in [2.05, 4.69) is 52.0 Å². The van der Waals surface area contributed by atoms with Gasteiger partial charge in [0, 0.05) is 0 Å². The number of rotatable bonds is 0. The number of fused-ring (bicyclic) bond motifs is 1. The molecule has 2 rings (SSSR count). The molecule has 0 fully saturated rings. The summed E-state index contributed by atoms with van der Waals surface area (Å²) in [6.07, 6.45) is 3.82. The van der Waals surface area contributed by atoms with Crippen molar-refractivity contribution in [1.29, 1.82) is 0 Å². The normalized spacial score (nSPS) is 26.1. The Morgan fingerprint density at radius 2 is 1.67 bits per heavy atom. The molecule has 82 valence electrons. The Morgan fingerprint density at radius 1 is 1.07 bits per heavy atom. The van der Waals surface area contributed by atoms with E-state index in [9.17, 15) is 0 Å². The molecule has 0 saturated heterocycles. The van der Waals surface area contributed by atoms with Crippen LogP contribution in [0.1, 0.15) is 45.2 Å². The lowest BCUT2D eigenvalue weighted by atomic mass is 9.59. The summed E-state index contributed by atoms with van der Waals surface area (Å²) < 4.78 is 0. The van der Waals surface area contributed by atoms with Crippen molar-refractivity contribution in [3.8, 4) is 0 Å². The van der Waals surface area contributed by atoms with Crippen molar-refractivity contribution >= 4 is 0 Å². The maximum Gasteiger partial charge on any atom is -0.0217 e. The molecule has 1 aromatic rings. The molecule has 0 radical (unpaired) electrons. The van der Waals surface area contributed by atoms with Gasteiger partial charge in [0.25, 0.3) is 0 Å². The third-order valence-corrected chi connectivity index (χ3v) is 4.46. The van der Waals surface area contributed by atoms with Crippen LogP contribution in [0.5, 0.6) is 0 Å². The summed E-state index contributed by atoms with van der Waals surface area (Å²) >= 11 is 0. The number of benzene rings is 1. The largest absolute Gasteiger partial charge is 0.0620 e. The molecule has 0 aromatic heterocycles. The molecule has 0 heterocycles. The van der Waals surface area contributed by atoms with Gasteiger partial charge in [-0.25, -0.2) is 0 Å². The molecule has 0 nitrogen and oxygen atoms in total. The highest BCUT2D eigenvalue weighted by atomic mass is 14.4. The van der Waals surface area contributed by atoms with Crippen LogP contribution in [-0.4, -0.2) is 0 Å². The first-order valence-electron chi connectivity index (χ1n) is 5.99. The number of aryl methyl sites for hydroxylation is 1. The highest BCUT2D eigenvalue weighted by molar-refractivity contribution is 5.31. The Hall–Kier alpha value is -0.780. The summed E-state index contributed by atoms with van der Waals surface area (Å²) in [5.74, 6) is 0. The van der Waals surface area contributed by atoms with Crippen LogP contribution in [0, 0.1) is 10.8 Å². The summed E-state index contributed by atoms with van der Waals surface area (Å²) in [5, 5.41) is 0. The summed E-state index contributed by atoms with van der Waals surface area (Å²) in [7, 11) is 0. The van der Waals surface area contributed by atoms with Crippen molar-refractivity contribution in [2.75, 3.05) is 0 Å². The average Bonchev–Trinajstić information content (AvgIpc) is 2.16. The fourth-order valence-electron chi connectivity index (χ4n) is 2.53. The fourth-order valence-corrected chi connectivity index (χ4v) is 2.53. The standard InChI is InChI=1S/C15H22/c1-14(2,3)15(4)10-9-12-7-5-6-8-13(12)11-15/h5-8H,9-11H2,1-4H3. The molecule has 0 spiro atoms. The molecule has 1 aromatic carbocycles. The highest BCUT2D eigenvalue weighted by Gasteiger charge is 2.39. The second-order valence-corrected chi connectivity index (χ2v) is 6.26. The predicted molar refractivity (Wildman–Crippen MR) is 66.0 cm³/mol. The number of hydrogen-bond donors (Lipinski definition) is 0. The van der Waals surface area contributed by atoms with E-state index >= 15 is 0 Å². The quantitative estimate of drug-likeness (QED) is 0.590. The topological polar surface area (TPSA) is 0 Å². The monoisotopic (exact) mass is 202 g/mol. The molecule has 1 atom stereocenters. The van der Waals surface area contributed by atoms with Crippen LogP contribution < -0.4 is 0 Å². The molecule has 0 saturated carbocycles. The highest BCUT2D eigenvalue weighted by Crippen LogP contribution is 2.47. The van der Waals surface area contributed by atoms with E-state index in [0.717, 1.165) is 0 Å². The second kappa shape index (κ2) is 3.37. The van der Waals surface area contributed by atoms with E-state index in [4.69, 9.17) is 0 Å². The van der Waals surface area contributed by atoms with Gasteiger partial charge in [0.1, 0.15) is 0 Å². The first-order valence-corrected chi connectivity index (χ1v) is 5.99. The molecule has 0 aliphatic heterocycles. The van der Waals surface area contributed by atoms with Gasteiger partial charge in [0.05, 0.1) is 0 Å². The van der Waals surface area contributed by atoms with Crippen molar-refractivity contribution in [2.24, 2.45) is 10.8 Å². The van der Waals surface area contributed by atoms with Crippen LogP contribution in [0.2, 0.25) is 0 Å². The molecule has 0 bridgehead atoms. The Kier molecular flexibility index (Phi) is 2.41. The van der Waals surface area contributed by atoms with Gasteiger partial charge in [-0.05, 0) is 41.2 Å². The van der Waals surface area contributed by atoms with Crippen molar-refractivity contribution < 1.29 is 0 Å². The van der Waals surface area contributed by atoms with Gasteiger partial charge >= 0.3 is 0 Å². The lowest BCUT2D eigenvalue weighted by Gasteiger charge is -2.45. The van der Waals surface area contributed by atoms with Gasteiger partial charge in [-0.3, -0.25) is 0 Å². The molecule has 0 N–H and O–H groups in total. The van der Waals surface area contributed by atoms with Crippen molar-refractivity contribution in [1.82, 2.24) is 0 Å². The van der Waals surface area contributed by atoms with Crippen molar-refractivity contribution in [3.63, 3.8) is 0 Å². The Bertz CT molecular complexity index is 357. The first kappa shape index (κ1) is 10.7. The summed E-state index contributed by atoms with van der Waals surface area (Å²) in [4.78, 5) is 0. The predicted octanol–water partition coefficient (Wildman–Crippen LogP) is 4.23. The lowest BCUT2D eigenvalue weighted by Crippen LogP contribution is -2.38. The molecule has 1 aliphatic rings. The number of hydrogen-bond acceptors (Lipinski definition) is 0. The molecular formula is C15H22. The van der Waals surface area contributed by atoms with Crippen LogP contribution in [-0.2, 0) is 12.8 Å². The zero-order valence-electron chi connectivity index (χ0n) is 10.4. The van der Waals surface area contributed by atoms with E-state index in [0.29, 0.717) is 10.8 Å². The molecule has 15 heavy (non-hydrogen) atoms. The van der Waals surface area contributed by atoms with Gasteiger partial charge in [-0.1, -0.05) is 52.0 Å². The molecule has 0 amide bonds. The molecular weight excluding hydrogens is 180 g/mol. The SMILES string of the molecule is CC(C)(C)C1(C)CCc2ccccc2C1. The van der Waals surface area contributed by atoms with Gasteiger partial charge < -0.3 is 0 Å². The molecule has 0 heteroatoms. The molecule has 1 aliphatic carbocycles. The van der Waals surface area contributed by atoms with Gasteiger partial charge in [-0.15, -0.1) is 0 Å². The van der Waals surface area contributed by atoms with Crippen molar-refractivity contribution in [3.05, 3.63) is 35.4 Å². The zero-order valence-corrected chi connectivity index (χ0v) is 10.4. The summed E-state index contributed by atoms with van der Waals surface area (Å²) in [6, 6.07) is 8.93. The lowest BCUT2D eigenvalue weighted by molar-refractivity contribution is 0.0894. The zero-order chi connectivity index (χ0) is 11.1. The third-order valence-electron chi connectivity index (χ3n) is 4.46. The smallest absolute Gasteiger partial charge is 0.0217 e. The van der Waals surface area contributed by atoms with Crippen LogP contribution in [0.25, 0.3) is 0 Å². The van der Waals surface area contributed by atoms with Gasteiger partial charge in [0.2, 0.25) is 0 Å². The average molecular weight is 202 g/mol. The third kappa shape index (κ3) is 1.82. The minimum atomic E-state index is 0.403. The van der Waals surface area contributed by atoms with E-state index in [1.165, 1.54) is 19.3 Å². The minimum absolute atomic E-state index is 0.403. The molecule has 1 unspecified atom stereocenters. The van der Waals surface area contributed by atoms with Crippen LogP contribution in [0.15, 0.2) is 24.3 Å². The van der Waals surface area contributed by atoms with Crippen molar-refractivity contribution in [2.45, 2.75) is 47.0 Å². The Labute approximate surface area is 93.7 Å². The fraction of sp³-hybridized carbons (Fsp3) is 0.600. The van der Waals surface area contributed by atoms with E-state index in [-0.39, 0.29) is 0 Å². The van der Waals surface area contributed by atoms with E-state index in [1.54, 1.807) is 11.1 Å². The van der Waals surface area contributed by atoms with Gasteiger partial charge in [-0.2, -0.15) is 0 Å². The van der Waals surface area contributed by atoms with Crippen LogP contribution in [0.3, 0.4) is 0 Å². The van der Waals surface area contributed by atoms with Gasteiger partial charge in [0.15, 0.2) is 0 Å². The Morgan fingerprint density at radius 3 is 2.27 bits per heavy atom. The second-order valence-electron chi connectivity index (χ2n) is 6.26. The maximum absolute atomic E-state index is 2.45. The first-order chi connectivity index (χ1) is 6.92. The van der Waals surface area contributed by atoms with E-state index in [1.807, 2.05) is 0 Å². The van der Waals surface area contributed by atoms with Crippen LogP contribution >= 0.6 is 0 Å². The summed E-state index contributed by atoms with van der Waals surface area (Å²) in [6.45, 7) is 9.58. The maximum atomic E-state index is 2.45. The minimum Gasteiger partial charge on any atom is -0.0620 e.